The van der Waals surface area contributed by atoms with Gasteiger partial charge < -0.3 is 25.0 Å². The molecule has 5 heterocycles. The van der Waals surface area contributed by atoms with Crippen LogP contribution >= 0.6 is 0 Å². The topological polar surface area (TPSA) is 122 Å². The number of carbonyl (C=O) groups excluding carboxylic acids is 1. The van der Waals surface area contributed by atoms with Crippen molar-refractivity contribution in [3.8, 4) is 17.2 Å². The Balaban J connectivity index is 1.21. The van der Waals surface area contributed by atoms with Crippen molar-refractivity contribution in [2.24, 2.45) is 0 Å². The van der Waals surface area contributed by atoms with E-state index in [0.717, 1.165) is 24.9 Å². The number of likely N-dealkylation sites (N-methyl/N-ethyl adjacent to an activating group) is 1. The first-order valence-corrected chi connectivity index (χ1v) is 16.3. The monoisotopic (exact) mass is 687 g/mol. The van der Waals surface area contributed by atoms with Gasteiger partial charge in [-0.25, -0.2) is 32.6 Å². The van der Waals surface area contributed by atoms with Gasteiger partial charge in [-0.05, 0) is 69.3 Å². The van der Waals surface area contributed by atoms with Crippen molar-refractivity contribution in [2.75, 3.05) is 49.3 Å². The van der Waals surface area contributed by atoms with E-state index in [0.29, 0.717) is 51.0 Å². The molecule has 2 aromatic carbocycles. The molecule has 1 amide bonds. The van der Waals surface area contributed by atoms with Crippen molar-refractivity contribution in [1.82, 2.24) is 29.5 Å². The number of halogens is 3. The molecule has 3 aromatic heterocycles. The number of ether oxygens (including phenoxy) is 2. The molecule has 0 saturated carbocycles. The predicted molar refractivity (Wildman–Crippen MR) is 183 cm³/mol. The number of piperidine rings is 1. The molecule has 1 atom stereocenters. The van der Waals surface area contributed by atoms with Crippen molar-refractivity contribution in [1.29, 1.82) is 0 Å². The number of benzene rings is 2. The first-order valence-electron chi connectivity index (χ1n) is 16.3. The molecule has 0 aliphatic carbocycles. The fraction of sp³-hybridized carbons (Fsp3) is 0.343. The highest BCUT2D eigenvalue weighted by atomic mass is 19.3. The zero-order valence-electron chi connectivity index (χ0n) is 27.8. The molecule has 2 aliphatic rings. The zero-order chi connectivity index (χ0) is 35.0. The minimum atomic E-state index is -2.78. The van der Waals surface area contributed by atoms with Crippen LogP contribution in [0.4, 0.5) is 36.1 Å². The van der Waals surface area contributed by atoms with E-state index in [9.17, 15) is 13.6 Å². The summed E-state index contributed by atoms with van der Waals surface area (Å²) in [6, 6.07) is 10.3. The van der Waals surface area contributed by atoms with Crippen LogP contribution in [0.15, 0.2) is 67.2 Å². The number of nitrogens with one attached hydrogen (secondary N) is 2. The van der Waals surface area contributed by atoms with Crippen molar-refractivity contribution < 1.29 is 27.4 Å². The highest BCUT2D eigenvalue weighted by Gasteiger charge is 2.35. The molecule has 1 unspecified atom stereocenters. The van der Waals surface area contributed by atoms with Crippen LogP contribution in [0, 0.1) is 6.92 Å². The maximum Gasteiger partial charge on any atom is 0.284 e. The number of anilines is 4. The predicted octanol–water partition coefficient (Wildman–Crippen LogP) is 6.65. The molecule has 12 nitrogen and oxygen atoms in total. The third-order valence-electron chi connectivity index (χ3n) is 9.20. The maximum atomic E-state index is 15.3. The van der Waals surface area contributed by atoms with Gasteiger partial charge in [-0.1, -0.05) is 0 Å². The summed E-state index contributed by atoms with van der Waals surface area (Å²) in [5.41, 5.74) is 3.23. The van der Waals surface area contributed by atoms with Gasteiger partial charge in [0.2, 0.25) is 0 Å². The highest BCUT2D eigenvalue weighted by Crippen LogP contribution is 2.40. The van der Waals surface area contributed by atoms with Gasteiger partial charge in [0, 0.05) is 55.7 Å². The molecule has 5 aromatic rings. The molecule has 2 fully saturated rings. The van der Waals surface area contributed by atoms with Gasteiger partial charge in [-0.2, -0.15) is 5.10 Å². The molecule has 15 heteroatoms. The van der Waals surface area contributed by atoms with Gasteiger partial charge in [-0.15, -0.1) is 0 Å². The number of amides is 1. The summed E-state index contributed by atoms with van der Waals surface area (Å²) < 4.78 is 57.0. The van der Waals surface area contributed by atoms with Crippen LogP contribution in [0.3, 0.4) is 0 Å². The van der Waals surface area contributed by atoms with E-state index in [2.05, 4.69) is 30.7 Å². The maximum absolute atomic E-state index is 15.3. The van der Waals surface area contributed by atoms with Crippen molar-refractivity contribution in [3.63, 3.8) is 0 Å². The quantitative estimate of drug-likeness (QED) is 0.163. The molecule has 0 radical (unpaired) electrons. The summed E-state index contributed by atoms with van der Waals surface area (Å²) in [4.78, 5) is 30.1. The first kappa shape index (κ1) is 33.1. The van der Waals surface area contributed by atoms with E-state index in [1.165, 1.54) is 25.8 Å². The molecule has 0 bridgehead atoms. The van der Waals surface area contributed by atoms with Crippen LogP contribution in [0.1, 0.15) is 31.2 Å². The highest BCUT2D eigenvalue weighted by molar-refractivity contribution is 6.07. The average molecular weight is 688 g/mol. The van der Waals surface area contributed by atoms with Crippen molar-refractivity contribution in [2.45, 2.75) is 44.6 Å². The molecule has 2 aliphatic heterocycles. The van der Waals surface area contributed by atoms with E-state index < -0.39 is 17.7 Å². The van der Waals surface area contributed by atoms with E-state index in [1.54, 1.807) is 45.9 Å². The number of fused-ring (bicyclic) bond motifs is 2. The molecule has 2 saturated heterocycles. The number of pyridine rings is 1. The lowest BCUT2D eigenvalue weighted by atomic mass is 10.0. The standard InChI is InChI=1S/C35H36F3N9O3/c1-21-13-28(31(49-3)18-30(21)50-23-6-10-47-32(15-23)40-20-42-47)43-33-24-16-27(44-34(48)25(36)14-22-5-4-9-45(22)2)29(17-26(24)39-19-41-33)46-11-7-35(37,38)8-12-46/h6,10,13-20,22H,4-5,7-9,11-12H2,1-3H3,(H,44,48)(H,39,41,43). The second-order valence-corrected chi connectivity index (χ2v) is 12.6. The van der Waals surface area contributed by atoms with Gasteiger partial charge >= 0.3 is 0 Å². The van der Waals surface area contributed by atoms with Crippen molar-refractivity contribution >= 4 is 45.3 Å². The fourth-order valence-electron chi connectivity index (χ4n) is 6.36. The minimum absolute atomic E-state index is 0.0560. The van der Waals surface area contributed by atoms with Gasteiger partial charge in [0.05, 0.1) is 29.7 Å². The van der Waals surface area contributed by atoms with Crippen LogP contribution in [-0.4, -0.2) is 81.1 Å². The fourth-order valence-corrected chi connectivity index (χ4v) is 6.36. The third-order valence-corrected chi connectivity index (χ3v) is 9.20. The summed E-state index contributed by atoms with van der Waals surface area (Å²) in [5.74, 6) is -2.63. The van der Waals surface area contributed by atoms with Crippen molar-refractivity contribution in [3.05, 3.63) is 72.7 Å². The SMILES string of the molecule is COc1cc(Oc2ccn3ncnc3c2)c(C)cc1Nc1ncnc2cc(N3CCC(F)(F)CC3)c(NC(=O)C(F)=CC3CCCN3C)cc12. The molecule has 2 N–H and O–H groups in total. The number of alkyl halides is 2. The average Bonchev–Trinajstić information content (AvgIpc) is 3.74. The molecule has 0 spiro atoms. The lowest BCUT2D eigenvalue weighted by molar-refractivity contribution is -0.114. The number of likely N-dealkylation sites (tertiary alicyclic amines) is 1. The number of carbonyl (C=O) groups is 1. The summed E-state index contributed by atoms with van der Waals surface area (Å²) >= 11 is 0. The lowest BCUT2D eigenvalue weighted by Crippen LogP contribution is -2.39. The summed E-state index contributed by atoms with van der Waals surface area (Å²) in [7, 11) is 3.42. The summed E-state index contributed by atoms with van der Waals surface area (Å²) in [6.07, 6.45) is 6.91. The first-order chi connectivity index (χ1) is 24.1. The smallest absolute Gasteiger partial charge is 0.284 e. The molecular formula is C35H36F3N9O3. The third kappa shape index (κ3) is 6.85. The Morgan fingerprint density at radius 1 is 1.02 bits per heavy atom. The Labute approximate surface area is 285 Å². The lowest BCUT2D eigenvalue weighted by Gasteiger charge is -2.34. The second-order valence-electron chi connectivity index (χ2n) is 12.6. The summed E-state index contributed by atoms with van der Waals surface area (Å²) in [6.45, 7) is 2.82. The van der Waals surface area contributed by atoms with E-state index in [1.807, 2.05) is 24.9 Å². The normalized spacial score (nSPS) is 18.1. The Morgan fingerprint density at radius 2 is 1.84 bits per heavy atom. The Morgan fingerprint density at radius 3 is 2.60 bits per heavy atom. The summed E-state index contributed by atoms with van der Waals surface area (Å²) in [5, 5.41) is 10.6. The van der Waals surface area contributed by atoms with Crippen LogP contribution in [0.5, 0.6) is 17.2 Å². The zero-order valence-corrected chi connectivity index (χ0v) is 27.8. The van der Waals surface area contributed by atoms with Crippen LogP contribution in [0.2, 0.25) is 0 Å². The van der Waals surface area contributed by atoms with Gasteiger partial charge in [0.15, 0.2) is 11.5 Å². The van der Waals surface area contributed by atoms with E-state index in [-0.39, 0.29) is 37.7 Å². The molecule has 50 heavy (non-hydrogen) atoms. The van der Waals surface area contributed by atoms with Gasteiger partial charge in [0.25, 0.3) is 11.8 Å². The largest absolute Gasteiger partial charge is 0.494 e. The Hall–Kier alpha value is -5.44. The van der Waals surface area contributed by atoms with E-state index in [4.69, 9.17) is 9.47 Å². The number of aromatic nitrogens is 5. The van der Waals surface area contributed by atoms with Crippen LogP contribution < -0.4 is 25.0 Å². The van der Waals surface area contributed by atoms with Gasteiger partial charge in [0.1, 0.15) is 35.7 Å². The van der Waals surface area contributed by atoms with Crippen LogP contribution in [0.25, 0.3) is 16.6 Å². The number of rotatable bonds is 9. The number of hydrogen-bond donors (Lipinski definition) is 2. The minimum Gasteiger partial charge on any atom is -0.494 e. The molecule has 7 rings (SSSR count). The number of hydrogen-bond acceptors (Lipinski definition) is 10. The molecular weight excluding hydrogens is 651 g/mol. The Kier molecular flexibility index (Phi) is 8.90. The Bertz CT molecular complexity index is 2090. The van der Waals surface area contributed by atoms with E-state index >= 15 is 4.39 Å². The number of methoxy groups -OCH3 is 1. The van der Waals surface area contributed by atoms with Gasteiger partial charge in [-0.3, -0.25) is 9.69 Å². The van der Waals surface area contributed by atoms with Crippen LogP contribution in [-0.2, 0) is 4.79 Å². The number of nitrogens with zero attached hydrogens (tertiary/aromatic N) is 7. The molecule has 260 valence electrons. The second kappa shape index (κ2) is 13.5. The number of aryl methyl sites for hydroxylation is 1.